The van der Waals surface area contributed by atoms with Crippen LogP contribution in [0, 0.1) is 0 Å². The van der Waals surface area contributed by atoms with E-state index in [1.165, 1.54) is 0 Å². The van der Waals surface area contributed by atoms with E-state index < -0.39 is 0 Å². The van der Waals surface area contributed by atoms with Gasteiger partial charge in [-0.15, -0.1) is 0 Å². The number of aliphatic hydroxyl groups excluding tert-OH is 1. The van der Waals surface area contributed by atoms with Crippen molar-refractivity contribution in [1.82, 2.24) is 4.90 Å². The van der Waals surface area contributed by atoms with Crippen LogP contribution in [0.3, 0.4) is 0 Å². The van der Waals surface area contributed by atoms with Crippen molar-refractivity contribution in [2.45, 2.75) is 6.54 Å². The highest BCUT2D eigenvalue weighted by Gasteiger charge is 2.10. The Hall–Kier alpha value is -0.810. The van der Waals surface area contributed by atoms with Crippen LogP contribution in [0.25, 0.3) is 0 Å². The second-order valence-electron chi connectivity index (χ2n) is 3.95. The van der Waals surface area contributed by atoms with Crippen molar-refractivity contribution in [3.8, 4) is 5.75 Å². The molecule has 0 aliphatic rings. The summed E-state index contributed by atoms with van der Waals surface area (Å²) in [4.78, 5) is 2.09. The Morgan fingerprint density at radius 1 is 1.28 bits per heavy atom. The first kappa shape index (κ1) is 15.2. The lowest BCUT2D eigenvalue weighted by Crippen LogP contribution is -2.30. The minimum Gasteiger partial charge on any atom is -0.496 e. The summed E-state index contributed by atoms with van der Waals surface area (Å²) in [6, 6.07) is 5.54. The van der Waals surface area contributed by atoms with Crippen LogP contribution in [0.4, 0.5) is 0 Å². The maximum atomic E-state index is 9.06. The van der Waals surface area contributed by atoms with Crippen LogP contribution >= 0.6 is 11.6 Å². The highest BCUT2D eigenvalue weighted by Crippen LogP contribution is 2.23. The minimum atomic E-state index is 0.118. The van der Waals surface area contributed by atoms with Gasteiger partial charge < -0.3 is 14.6 Å². The van der Waals surface area contributed by atoms with E-state index in [1.54, 1.807) is 20.3 Å². The highest BCUT2D eigenvalue weighted by atomic mass is 35.5. The second-order valence-corrected chi connectivity index (χ2v) is 4.39. The third-order valence-corrected chi connectivity index (χ3v) is 2.90. The van der Waals surface area contributed by atoms with Gasteiger partial charge >= 0.3 is 0 Å². The molecule has 0 aliphatic carbocycles. The van der Waals surface area contributed by atoms with E-state index in [-0.39, 0.29) is 6.61 Å². The van der Waals surface area contributed by atoms with Crippen LogP contribution in [0.15, 0.2) is 18.2 Å². The first-order valence-corrected chi connectivity index (χ1v) is 6.23. The van der Waals surface area contributed by atoms with Crippen molar-refractivity contribution in [2.24, 2.45) is 0 Å². The Morgan fingerprint density at radius 3 is 2.67 bits per heavy atom. The molecule has 0 aliphatic heterocycles. The van der Waals surface area contributed by atoms with Gasteiger partial charge in [-0.1, -0.05) is 11.6 Å². The number of ether oxygens (including phenoxy) is 2. The first-order chi connectivity index (χ1) is 8.71. The third-order valence-electron chi connectivity index (χ3n) is 2.66. The zero-order valence-electron chi connectivity index (χ0n) is 10.9. The monoisotopic (exact) mass is 273 g/mol. The van der Waals surface area contributed by atoms with E-state index in [4.69, 9.17) is 26.2 Å². The molecule has 0 atom stereocenters. The predicted octanol–water partition coefficient (Wildman–Crippen LogP) is 1.79. The molecule has 0 amide bonds. The summed E-state index contributed by atoms with van der Waals surface area (Å²) in [5.74, 6) is 0.805. The van der Waals surface area contributed by atoms with Crippen LogP contribution in [0.1, 0.15) is 5.56 Å². The second kappa shape index (κ2) is 8.32. The molecule has 1 rings (SSSR count). The Morgan fingerprint density at radius 2 is 2.06 bits per heavy atom. The van der Waals surface area contributed by atoms with Crippen LogP contribution in [-0.2, 0) is 11.3 Å². The Labute approximate surface area is 113 Å². The van der Waals surface area contributed by atoms with Gasteiger partial charge in [0.2, 0.25) is 0 Å². The molecule has 0 radical (unpaired) electrons. The lowest BCUT2D eigenvalue weighted by atomic mass is 10.2. The van der Waals surface area contributed by atoms with E-state index in [0.717, 1.165) is 17.9 Å². The number of nitrogens with zero attached hydrogens (tertiary/aromatic N) is 1. The molecule has 0 saturated heterocycles. The summed E-state index contributed by atoms with van der Waals surface area (Å²) in [6.45, 7) is 2.77. The number of methoxy groups -OCH3 is 2. The number of aliphatic hydroxyl groups is 1. The van der Waals surface area contributed by atoms with Crippen molar-refractivity contribution in [3.63, 3.8) is 0 Å². The number of hydrogen-bond donors (Lipinski definition) is 1. The number of hydrogen-bond acceptors (Lipinski definition) is 4. The van der Waals surface area contributed by atoms with Crippen LogP contribution in [0.2, 0.25) is 5.02 Å². The summed E-state index contributed by atoms with van der Waals surface area (Å²) in [5, 5.41) is 9.74. The molecule has 0 unspecified atom stereocenters. The summed E-state index contributed by atoms with van der Waals surface area (Å²) in [5.41, 5.74) is 1.01. The van der Waals surface area contributed by atoms with Crippen molar-refractivity contribution in [2.75, 3.05) is 40.5 Å². The summed E-state index contributed by atoms with van der Waals surface area (Å²) < 4.78 is 10.4. The Kier molecular flexibility index (Phi) is 7.05. The van der Waals surface area contributed by atoms with Gasteiger partial charge in [-0.2, -0.15) is 0 Å². The van der Waals surface area contributed by atoms with Crippen LogP contribution < -0.4 is 4.74 Å². The molecule has 0 aromatic heterocycles. The average Bonchev–Trinajstić information content (AvgIpc) is 2.36. The van der Waals surface area contributed by atoms with Gasteiger partial charge in [0.15, 0.2) is 0 Å². The molecule has 0 saturated carbocycles. The van der Waals surface area contributed by atoms with Gasteiger partial charge in [-0.05, 0) is 18.2 Å². The maximum Gasteiger partial charge on any atom is 0.123 e. The molecule has 18 heavy (non-hydrogen) atoms. The zero-order valence-corrected chi connectivity index (χ0v) is 11.6. The first-order valence-electron chi connectivity index (χ1n) is 5.85. The molecule has 0 fully saturated rings. The summed E-state index contributed by atoms with van der Waals surface area (Å²) in [6.07, 6.45) is 0. The smallest absolute Gasteiger partial charge is 0.123 e. The number of halogens is 1. The normalized spacial score (nSPS) is 10.9. The lowest BCUT2D eigenvalue weighted by molar-refractivity contribution is 0.126. The molecular weight excluding hydrogens is 254 g/mol. The quantitative estimate of drug-likeness (QED) is 0.784. The van der Waals surface area contributed by atoms with Gasteiger partial charge in [0.1, 0.15) is 5.75 Å². The average molecular weight is 274 g/mol. The predicted molar refractivity (Wildman–Crippen MR) is 72.2 cm³/mol. The maximum absolute atomic E-state index is 9.06. The third kappa shape index (κ3) is 4.82. The van der Waals surface area contributed by atoms with E-state index in [9.17, 15) is 0 Å². The largest absolute Gasteiger partial charge is 0.496 e. The number of rotatable bonds is 8. The SMILES string of the molecule is COCCN(CCO)Cc1cc(Cl)ccc1OC. The van der Waals surface area contributed by atoms with Gasteiger partial charge in [0.05, 0.1) is 20.3 Å². The van der Waals surface area contributed by atoms with E-state index >= 15 is 0 Å². The van der Waals surface area contributed by atoms with Gasteiger partial charge in [-0.25, -0.2) is 0 Å². The molecule has 1 N–H and O–H groups in total. The topological polar surface area (TPSA) is 41.9 Å². The fourth-order valence-corrected chi connectivity index (χ4v) is 1.94. The van der Waals surface area contributed by atoms with Gasteiger partial charge in [0, 0.05) is 37.3 Å². The molecule has 1 aromatic rings. The Bertz CT molecular complexity index is 360. The lowest BCUT2D eigenvalue weighted by Gasteiger charge is -2.22. The van der Waals surface area contributed by atoms with Gasteiger partial charge in [0.25, 0.3) is 0 Å². The Balaban J connectivity index is 2.74. The zero-order chi connectivity index (χ0) is 13.4. The number of benzene rings is 1. The molecular formula is C13H20ClNO3. The molecule has 0 spiro atoms. The van der Waals surface area contributed by atoms with Crippen molar-refractivity contribution in [3.05, 3.63) is 28.8 Å². The van der Waals surface area contributed by atoms with Crippen LogP contribution in [0.5, 0.6) is 5.75 Å². The molecule has 0 bridgehead atoms. The van der Waals surface area contributed by atoms with Gasteiger partial charge in [-0.3, -0.25) is 4.90 Å². The summed E-state index contributed by atoms with van der Waals surface area (Å²) >= 11 is 5.99. The molecule has 1 aromatic carbocycles. The van der Waals surface area contributed by atoms with Crippen molar-refractivity contribution < 1.29 is 14.6 Å². The molecule has 102 valence electrons. The molecule has 0 heterocycles. The van der Waals surface area contributed by atoms with E-state index in [1.807, 2.05) is 12.1 Å². The minimum absolute atomic E-state index is 0.118. The standard InChI is InChI=1S/C13H20ClNO3/c1-17-8-6-15(5-7-16)10-11-9-12(14)3-4-13(11)18-2/h3-4,9,16H,5-8,10H2,1-2H3. The fourth-order valence-electron chi connectivity index (χ4n) is 1.74. The summed E-state index contributed by atoms with van der Waals surface area (Å²) in [7, 11) is 3.30. The molecule has 4 nitrogen and oxygen atoms in total. The van der Waals surface area contributed by atoms with E-state index in [2.05, 4.69) is 4.90 Å². The van der Waals surface area contributed by atoms with Crippen molar-refractivity contribution in [1.29, 1.82) is 0 Å². The highest BCUT2D eigenvalue weighted by molar-refractivity contribution is 6.30. The van der Waals surface area contributed by atoms with Crippen LogP contribution in [-0.4, -0.2) is 50.5 Å². The van der Waals surface area contributed by atoms with E-state index in [0.29, 0.717) is 24.7 Å². The fraction of sp³-hybridized carbons (Fsp3) is 0.538. The molecule has 5 heteroatoms. The van der Waals surface area contributed by atoms with Crippen molar-refractivity contribution >= 4 is 11.6 Å².